The van der Waals surface area contributed by atoms with Crippen molar-refractivity contribution in [2.75, 3.05) is 0 Å². The van der Waals surface area contributed by atoms with Crippen LogP contribution in [0.5, 0.6) is 0 Å². The van der Waals surface area contributed by atoms with E-state index in [-0.39, 0.29) is 5.56 Å². The van der Waals surface area contributed by atoms with E-state index in [0.717, 1.165) is 12.1 Å². The molecule has 1 aromatic carbocycles. The van der Waals surface area contributed by atoms with Gasteiger partial charge in [0.2, 0.25) is 0 Å². The molecule has 0 aliphatic carbocycles. The molecule has 3 aromatic heterocycles. The molecule has 8 heteroatoms. The van der Waals surface area contributed by atoms with E-state index in [1.165, 1.54) is 29.1 Å². The summed E-state index contributed by atoms with van der Waals surface area (Å²) >= 11 is 0. The molecular formula is C18H11F3N4O. The summed E-state index contributed by atoms with van der Waals surface area (Å²) in [5.41, 5.74) is 0.582. The average molecular weight is 356 g/mol. The highest BCUT2D eigenvalue weighted by Crippen LogP contribution is 2.31. The zero-order valence-electron chi connectivity index (χ0n) is 13.2. The number of aromatic amines is 1. The van der Waals surface area contributed by atoms with E-state index in [2.05, 4.69) is 15.2 Å². The molecule has 130 valence electrons. The smallest absolute Gasteiger partial charge is 0.279 e. The Morgan fingerprint density at radius 1 is 1.04 bits per heavy atom. The van der Waals surface area contributed by atoms with Crippen molar-refractivity contribution in [2.24, 2.45) is 0 Å². The molecule has 0 atom stereocenters. The van der Waals surface area contributed by atoms with Crippen molar-refractivity contribution in [1.29, 1.82) is 0 Å². The number of fused-ring (bicyclic) bond motifs is 1. The molecule has 0 saturated heterocycles. The predicted octanol–water partition coefficient (Wildman–Crippen LogP) is 3.79. The van der Waals surface area contributed by atoms with E-state index in [9.17, 15) is 18.0 Å². The van der Waals surface area contributed by atoms with Gasteiger partial charge in [0.1, 0.15) is 5.52 Å². The van der Waals surface area contributed by atoms with Crippen LogP contribution >= 0.6 is 0 Å². The van der Waals surface area contributed by atoms with E-state index >= 15 is 0 Å². The normalized spacial score (nSPS) is 11.8. The topological polar surface area (TPSA) is 63.6 Å². The van der Waals surface area contributed by atoms with Gasteiger partial charge >= 0.3 is 6.18 Å². The summed E-state index contributed by atoms with van der Waals surface area (Å²) in [6.45, 7) is 0. The molecule has 5 nitrogen and oxygen atoms in total. The molecule has 0 saturated carbocycles. The van der Waals surface area contributed by atoms with E-state index in [0.29, 0.717) is 27.8 Å². The number of hydrogen-bond donors (Lipinski definition) is 1. The predicted molar refractivity (Wildman–Crippen MR) is 89.9 cm³/mol. The van der Waals surface area contributed by atoms with Crippen molar-refractivity contribution in [2.45, 2.75) is 6.18 Å². The number of benzene rings is 1. The highest BCUT2D eigenvalue weighted by molar-refractivity contribution is 5.78. The van der Waals surface area contributed by atoms with Crippen LogP contribution in [0.1, 0.15) is 5.56 Å². The summed E-state index contributed by atoms with van der Waals surface area (Å²) in [6.07, 6.45) is 0.157. The van der Waals surface area contributed by atoms with E-state index in [1.54, 1.807) is 24.4 Å². The SMILES string of the molecule is O=c1c2ncccc2ccn1-c1cn[nH]c1-c1ccc(C(F)(F)F)cc1. The second-order valence-electron chi connectivity index (χ2n) is 5.64. The van der Waals surface area contributed by atoms with Crippen LogP contribution in [-0.4, -0.2) is 19.7 Å². The van der Waals surface area contributed by atoms with Crippen LogP contribution in [0.4, 0.5) is 13.2 Å². The molecule has 0 unspecified atom stereocenters. The highest BCUT2D eigenvalue weighted by Gasteiger charge is 2.30. The molecule has 0 spiro atoms. The van der Waals surface area contributed by atoms with Crippen molar-refractivity contribution in [3.05, 3.63) is 77.0 Å². The number of H-pyrrole nitrogens is 1. The molecule has 0 aliphatic rings. The van der Waals surface area contributed by atoms with Crippen LogP contribution in [-0.2, 0) is 6.18 Å². The summed E-state index contributed by atoms with van der Waals surface area (Å²) in [5.74, 6) is 0. The van der Waals surface area contributed by atoms with Gasteiger partial charge in [0.15, 0.2) is 0 Å². The summed E-state index contributed by atoms with van der Waals surface area (Å²) in [7, 11) is 0. The Morgan fingerprint density at radius 3 is 2.54 bits per heavy atom. The first-order valence-corrected chi connectivity index (χ1v) is 7.63. The van der Waals surface area contributed by atoms with Crippen LogP contribution in [0.2, 0.25) is 0 Å². The number of pyridine rings is 2. The third kappa shape index (κ3) is 2.65. The maximum Gasteiger partial charge on any atom is 0.416 e. The minimum atomic E-state index is -4.41. The molecule has 0 radical (unpaired) electrons. The summed E-state index contributed by atoms with van der Waals surface area (Å²) in [4.78, 5) is 16.8. The lowest BCUT2D eigenvalue weighted by atomic mass is 10.1. The zero-order valence-corrected chi connectivity index (χ0v) is 13.2. The fraction of sp³-hybridized carbons (Fsp3) is 0.0556. The first-order chi connectivity index (χ1) is 12.4. The van der Waals surface area contributed by atoms with Crippen LogP contribution < -0.4 is 5.56 Å². The van der Waals surface area contributed by atoms with Crippen molar-refractivity contribution >= 4 is 10.9 Å². The minimum Gasteiger partial charge on any atom is -0.279 e. The van der Waals surface area contributed by atoms with Gasteiger partial charge < -0.3 is 0 Å². The number of hydrogen-bond acceptors (Lipinski definition) is 3. The zero-order chi connectivity index (χ0) is 18.3. The number of halogens is 3. The molecule has 0 aliphatic heterocycles. The third-order valence-corrected chi connectivity index (χ3v) is 4.04. The third-order valence-electron chi connectivity index (χ3n) is 4.04. The number of aromatic nitrogens is 4. The molecule has 0 amide bonds. The molecule has 0 bridgehead atoms. The molecule has 3 heterocycles. The first kappa shape index (κ1) is 16.1. The molecule has 1 N–H and O–H groups in total. The second-order valence-corrected chi connectivity index (χ2v) is 5.64. The van der Waals surface area contributed by atoms with Crippen LogP contribution in [0, 0.1) is 0 Å². The lowest BCUT2D eigenvalue weighted by molar-refractivity contribution is -0.137. The number of alkyl halides is 3. The average Bonchev–Trinajstić information content (AvgIpc) is 3.11. The maximum atomic E-state index is 12.7. The van der Waals surface area contributed by atoms with E-state index < -0.39 is 11.7 Å². The standard InChI is InChI=1S/C18H11F3N4O/c19-18(20,21)13-5-3-12(4-6-13)15-14(10-23-24-15)25-9-7-11-2-1-8-22-16(11)17(25)26/h1-10H,(H,23,24). The number of rotatable bonds is 2. The Hall–Kier alpha value is -3.42. The van der Waals surface area contributed by atoms with Crippen LogP contribution in [0.15, 0.2) is 65.8 Å². The first-order valence-electron chi connectivity index (χ1n) is 7.63. The van der Waals surface area contributed by atoms with Gasteiger partial charge in [-0.15, -0.1) is 0 Å². The van der Waals surface area contributed by atoms with Gasteiger partial charge in [-0.3, -0.25) is 19.4 Å². The minimum absolute atomic E-state index is 0.301. The van der Waals surface area contributed by atoms with Gasteiger partial charge in [0, 0.05) is 23.3 Å². The van der Waals surface area contributed by atoms with Crippen molar-refractivity contribution < 1.29 is 13.2 Å². The molecule has 4 aromatic rings. The van der Waals surface area contributed by atoms with Gasteiger partial charge in [0.25, 0.3) is 5.56 Å². The van der Waals surface area contributed by atoms with Gasteiger partial charge in [-0.2, -0.15) is 18.3 Å². The Labute approximate surface area is 144 Å². The van der Waals surface area contributed by atoms with Gasteiger partial charge in [-0.25, -0.2) is 0 Å². The highest BCUT2D eigenvalue weighted by atomic mass is 19.4. The number of nitrogens with one attached hydrogen (secondary N) is 1. The Bertz CT molecular complexity index is 1140. The largest absolute Gasteiger partial charge is 0.416 e. The quantitative estimate of drug-likeness (QED) is 0.594. The maximum absolute atomic E-state index is 12.7. The Morgan fingerprint density at radius 2 is 1.81 bits per heavy atom. The van der Waals surface area contributed by atoms with Crippen LogP contribution in [0.3, 0.4) is 0 Å². The van der Waals surface area contributed by atoms with Gasteiger partial charge in [-0.1, -0.05) is 18.2 Å². The van der Waals surface area contributed by atoms with Crippen molar-refractivity contribution in [1.82, 2.24) is 19.7 Å². The van der Waals surface area contributed by atoms with E-state index in [4.69, 9.17) is 0 Å². The Kier molecular flexibility index (Phi) is 3.61. The summed E-state index contributed by atoms with van der Waals surface area (Å²) in [5, 5.41) is 7.38. The Balaban J connectivity index is 1.83. The van der Waals surface area contributed by atoms with Crippen LogP contribution in [0.25, 0.3) is 27.8 Å². The van der Waals surface area contributed by atoms with Gasteiger partial charge in [0.05, 0.1) is 23.1 Å². The molecular weight excluding hydrogens is 345 g/mol. The monoisotopic (exact) mass is 356 g/mol. The summed E-state index contributed by atoms with van der Waals surface area (Å²) < 4.78 is 39.6. The molecule has 4 rings (SSSR count). The molecule has 0 fully saturated rings. The lowest BCUT2D eigenvalue weighted by Crippen LogP contribution is -2.18. The lowest BCUT2D eigenvalue weighted by Gasteiger charge is -2.09. The molecule has 26 heavy (non-hydrogen) atoms. The van der Waals surface area contributed by atoms with Crippen molar-refractivity contribution in [3.63, 3.8) is 0 Å². The summed E-state index contributed by atoms with van der Waals surface area (Å²) in [6, 6.07) is 9.91. The van der Waals surface area contributed by atoms with E-state index in [1.807, 2.05) is 0 Å². The fourth-order valence-electron chi connectivity index (χ4n) is 2.76. The van der Waals surface area contributed by atoms with Gasteiger partial charge in [-0.05, 0) is 24.3 Å². The number of nitrogens with zero attached hydrogens (tertiary/aromatic N) is 3. The van der Waals surface area contributed by atoms with Crippen molar-refractivity contribution in [3.8, 4) is 16.9 Å². The second kappa shape index (κ2) is 5.83. The fourth-order valence-corrected chi connectivity index (χ4v) is 2.76.